The van der Waals surface area contributed by atoms with Crippen molar-refractivity contribution in [3.05, 3.63) is 65.7 Å². The third kappa shape index (κ3) is 7.19. The highest BCUT2D eigenvalue weighted by atomic mass is 32.2. The molecule has 0 fully saturated rings. The number of carbonyl (C=O) groups is 1. The van der Waals surface area contributed by atoms with E-state index in [-0.39, 0.29) is 17.7 Å². The lowest BCUT2D eigenvalue weighted by Gasteiger charge is -2.13. The van der Waals surface area contributed by atoms with E-state index >= 15 is 0 Å². The van der Waals surface area contributed by atoms with Gasteiger partial charge in [0.25, 0.3) is 0 Å². The molecule has 5 nitrogen and oxygen atoms in total. The van der Waals surface area contributed by atoms with Crippen molar-refractivity contribution in [3.63, 3.8) is 0 Å². The van der Waals surface area contributed by atoms with E-state index in [1.165, 1.54) is 11.8 Å². The molecule has 0 atom stereocenters. The summed E-state index contributed by atoms with van der Waals surface area (Å²) in [5.74, 6) is 0.131. The van der Waals surface area contributed by atoms with E-state index < -0.39 is 10.0 Å². The summed E-state index contributed by atoms with van der Waals surface area (Å²) in [7, 11) is -3.41. The van der Waals surface area contributed by atoms with Gasteiger partial charge >= 0.3 is 0 Å². The van der Waals surface area contributed by atoms with Crippen LogP contribution in [0.4, 0.5) is 0 Å². The smallest absolute Gasteiger partial charge is 0.230 e. The topological polar surface area (TPSA) is 75.3 Å². The van der Waals surface area contributed by atoms with Crippen LogP contribution in [0.3, 0.4) is 0 Å². The molecule has 0 unspecified atom stereocenters. The Morgan fingerprint density at radius 3 is 2.27 bits per heavy atom. The second kappa shape index (κ2) is 9.75. The highest BCUT2D eigenvalue weighted by molar-refractivity contribution is 8.00. The van der Waals surface area contributed by atoms with Crippen molar-refractivity contribution in [2.45, 2.75) is 37.1 Å². The fourth-order valence-corrected chi connectivity index (χ4v) is 4.63. The van der Waals surface area contributed by atoms with Crippen molar-refractivity contribution in [2.24, 2.45) is 0 Å². The van der Waals surface area contributed by atoms with E-state index in [0.717, 1.165) is 10.5 Å². The minimum absolute atomic E-state index is 0.0863. The van der Waals surface area contributed by atoms with Crippen LogP contribution in [0.1, 0.15) is 25.0 Å². The summed E-state index contributed by atoms with van der Waals surface area (Å²) in [6.07, 6.45) is 0. The third-order valence-electron chi connectivity index (χ3n) is 3.47. The Bertz CT molecular complexity index is 822. The number of thioether (sulfide) groups is 1. The molecule has 0 saturated heterocycles. The Balaban J connectivity index is 1.92. The lowest BCUT2D eigenvalue weighted by atomic mass is 10.1. The third-order valence-corrected chi connectivity index (χ3v) is 6.00. The predicted octanol–water partition coefficient (Wildman–Crippen LogP) is 2.92. The summed E-state index contributed by atoms with van der Waals surface area (Å²) < 4.78 is 26.9. The van der Waals surface area contributed by atoms with E-state index in [4.69, 9.17) is 0 Å². The molecule has 0 aliphatic heterocycles. The molecule has 0 spiro atoms. The molecule has 0 aliphatic carbocycles. The molecule has 7 heteroatoms. The SMILES string of the molecule is CC(C)NS(=O)(=O)Cc1ccccc1CNC(=O)CSc1ccccc1. The van der Waals surface area contributed by atoms with Gasteiger partial charge in [-0.2, -0.15) is 0 Å². The van der Waals surface area contributed by atoms with Crippen molar-refractivity contribution in [2.75, 3.05) is 5.75 Å². The zero-order valence-corrected chi connectivity index (χ0v) is 16.6. The maximum Gasteiger partial charge on any atom is 0.230 e. The van der Waals surface area contributed by atoms with Crippen LogP contribution < -0.4 is 10.0 Å². The van der Waals surface area contributed by atoms with E-state index in [2.05, 4.69) is 10.0 Å². The molecule has 0 aliphatic rings. The number of hydrogen-bond acceptors (Lipinski definition) is 4. The standard InChI is InChI=1S/C19H24N2O3S2/c1-15(2)21-26(23,24)14-17-9-7-6-8-16(17)12-20-19(22)13-25-18-10-4-3-5-11-18/h3-11,15,21H,12-14H2,1-2H3,(H,20,22). The number of nitrogens with one attached hydrogen (secondary N) is 2. The second-order valence-electron chi connectivity index (χ2n) is 6.18. The van der Waals surface area contributed by atoms with Gasteiger partial charge in [-0.1, -0.05) is 42.5 Å². The molecular formula is C19H24N2O3S2. The highest BCUT2D eigenvalue weighted by Gasteiger charge is 2.15. The maximum absolute atomic E-state index is 12.2. The second-order valence-corrected chi connectivity index (χ2v) is 8.98. The first-order valence-corrected chi connectivity index (χ1v) is 11.0. The summed E-state index contributed by atoms with van der Waals surface area (Å²) in [6.45, 7) is 3.88. The number of sulfonamides is 1. The Hall–Kier alpha value is -1.83. The Kier molecular flexibility index (Phi) is 7.68. The molecule has 2 rings (SSSR count). The Morgan fingerprint density at radius 2 is 1.62 bits per heavy atom. The fourth-order valence-electron chi connectivity index (χ4n) is 2.39. The fraction of sp³-hybridized carbons (Fsp3) is 0.316. The molecule has 2 aromatic carbocycles. The lowest BCUT2D eigenvalue weighted by molar-refractivity contribution is -0.118. The van der Waals surface area contributed by atoms with Crippen LogP contribution in [0, 0.1) is 0 Å². The summed E-state index contributed by atoms with van der Waals surface area (Å²) in [6, 6.07) is 16.8. The van der Waals surface area contributed by atoms with Crippen molar-refractivity contribution < 1.29 is 13.2 Å². The quantitative estimate of drug-likeness (QED) is 0.644. The largest absolute Gasteiger partial charge is 0.351 e. The van der Waals surface area contributed by atoms with Crippen LogP contribution >= 0.6 is 11.8 Å². The summed E-state index contributed by atoms with van der Waals surface area (Å²) in [5, 5.41) is 2.86. The Labute approximate surface area is 159 Å². The van der Waals surface area contributed by atoms with Gasteiger partial charge in [0.2, 0.25) is 15.9 Å². The first kappa shape index (κ1) is 20.5. The highest BCUT2D eigenvalue weighted by Crippen LogP contribution is 2.17. The van der Waals surface area contributed by atoms with Crippen LogP contribution in [-0.4, -0.2) is 26.1 Å². The van der Waals surface area contributed by atoms with Crippen LogP contribution in [0.5, 0.6) is 0 Å². The Morgan fingerprint density at radius 1 is 1.00 bits per heavy atom. The zero-order chi connectivity index (χ0) is 19.0. The molecule has 2 aromatic rings. The molecule has 0 bridgehead atoms. The van der Waals surface area contributed by atoms with E-state index in [0.29, 0.717) is 17.9 Å². The number of hydrogen-bond donors (Lipinski definition) is 2. The first-order chi connectivity index (χ1) is 12.4. The predicted molar refractivity (Wildman–Crippen MR) is 106 cm³/mol. The van der Waals surface area contributed by atoms with Gasteiger partial charge in [-0.15, -0.1) is 11.8 Å². The van der Waals surface area contributed by atoms with Crippen molar-refractivity contribution in [1.82, 2.24) is 10.0 Å². The average Bonchev–Trinajstić information content (AvgIpc) is 2.58. The summed E-state index contributed by atoms with van der Waals surface area (Å²) >= 11 is 1.47. The van der Waals surface area contributed by atoms with Gasteiger partial charge in [-0.05, 0) is 37.1 Å². The van der Waals surface area contributed by atoms with Crippen LogP contribution in [0.2, 0.25) is 0 Å². The number of carbonyl (C=O) groups excluding carboxylic acids is 1. The summed E-state index contributed by atoms with van der Waals surface area (Å²) in [5.41, 5.74) is 1.50. The molecule has 2 N–H and O–H groups in total. The van der Waals surface area contributed by atoms with Crippen LogP contribution in [0.15, 0.2) is 59.5 Å². The molecule has 0 radical (unpaired) electrons. The lowest BCUT2D eigenvalue weighted by Crippen LogP contribution is -2.32. The molecule has 0 saturated carbocycles. The molecule has 1 amide bonds. The van der Waals surface area contributed by atoms with Gasteiger partial charge in [0.05, 0.1) is 11.5 Å². The van der Waals surface area contributed by atoms with E-state index in [9.17, 15) is 13.2 Å². The minimum atomic E-state index is -3.41. The number of amides is 1. The van der Waals surface area contributed by atoms with Gasteiger partial charge in [0.15, 0.2) is 0 Å². The number of benzene rings is 2. The summed E-state index contributed by atoms with van der Waals surface area (Å²) in [4.78, 5) is 13.1. The maximum atomic E-state index is 12.2. The number of rotatable bonds is 9. The molecule has 140 valence electrons. The van der Waals surface area contributed by atoms with Crippen LogP contribution in [-0.2, 0) is 27.1 Å². The average molecular weight is 393 g/mol. The van der Waals surface area contributed by atoms with Gasteiger partial charge < -0.3 is 5.32 Å². The van der Waals surface area contributed by atoms with Crippen LogP contribution in [0.25, 0.3) is 0 Å². The molecule has 26 heavy (non-hydrogen) atoms. The minimum Gasteiger partial charge on any atom is -0.351 e. The van der Waals surface area contributed by atoms with Crippen molar-refractivity contribution >= 4 is 27.7 Å². The van der Waals surface area contributed by atoms with Gasteiger partial charge in [0, 0.05) is 17.5 Å². The monoisotopic (exact) mass is 392 g/mol. The van der Waals surface area contributed by atoms with Gasteiger partial charge in [-0.3, -0.25) is 4.79 Å². The normalized spacial score (nSPS) is 11.5. The molecular weight excluding hydrogens is 368 g/mol. The van der Waals surface area contributed by atoms with Gasteiger partial charge in [-0.25, -0.2) is 13.1 Å². The zero-order valence-electron chi connectivity index (χ0n) is 14.9. The molecule has 0 heterocycles. The van der Waals surface area contributed by atoms with Gasteiger partial charge in [0.1, 0.15) is 0 Å². The van der Waals surface area contributed by atoms with Crippen molar-refractivity contribution in [3.8, 4) is 0 Å². The van der Waals surface area contributed by atoms with E-state index in [1.807, 2.05) is 42.5 Å². The molecule has 0 aromatic heterocycles. The van der Waals surface area contributed by atoms with E-state index in [1.54, 1.807) is 26.0 Å². The first-order valence-electron chi connectivity index (χ1n) is 8.37. The van der Waals surface area contributed by atoms with Crippen molar-refractivity contribution in [1.29, 1.82) is 0 Å².